The van der Waals surface area contributed by atoms with Crippen LogP contribution in [0.1, 0.15) is 5.56 Å². The molecule has 2 aromatic rings. The molecule has 0 unspecified atom stereocenters. The molecule has 26 heavy (non-hydrogen) atoms. The van der Waals surface area contributed by atoms with Crippen LogP contribution in [0.2, 0.25) is 0 Å². The molecule has 2 aromatic carbocycles. The second-order valence-corrected chi connectivity index (χ2v) is 7.16. The first-order valence-electron chi connectivity index (χ1n) is 7.36. The van der Waals surface area contributed by atoms with Crippen molar-refractivity contribution in [2.75, 3.05) is 17.1 Å². The minimum Gasteiger partial charge on any atom is -0.271 e. The van der Waals surface area contributed by atoms with Crippen molar-refractivity contribution in [2.45, 2.75) is 0 Å². The van der Waals surface area contributed by atoms with Gasteiger partial charge in [0.15, 0.2) is 0 Å². The van der Waals surface area contributed by atoms with Gasteiger partial charge in [0.05, 0.1) is 23.1 Å². The maximum atomic E-state index is 12.0. The largest absolute Gasteiger partial charge is 0.271 e. The van der Waals surface area contributed by atoms with Gasteiger partial charge in [0.2, 0.25) is 10.0 Å². The van der Waals surface area contributed by atoms with Crippen molar-refractivity contribution in [1.29, 1.82) is 0 Å². The van der Waals surface area contributed by atoms with Crippen LogP contribution in [0.25, 0.3) is 0 Å². The number of nitrogens with one attached hydrogen (secondary N) is 1. The summed E-state index contributed by atoms with van der Waals surface area (Å²) < 4.78 is 24.7. The van der Waals surface area contributed by atoms with Crippen molar-refractivity contribution < 1.29 is 18.1 Å². The summed E-state index contributed by atoms with van der Waals surface area (Å²) in [6, 6.07) is 14.0. The van der Waals surface area contributed by atoms with Crippen LogP contribution >= 0.6 is 0 Å². The third-order valence-corrected chi connectivity index (χ3v) is 4.36. The number of benzene rings is 2. The Morgan fingerprint density at radius 2 is 1.92 bits per heavy atom. The molecule has 2 rings (SSSR count). The van der Waals surface area contributed by atoms with Crippen LogP contribution in [0, 0.1) is 10.1 Å². The average molecular weight is 376 g/mol. The SMILES string of the molecule is CS(=O)(=O)N(CC(=O)N/N=C\c1ccccc1)c1cccc([N+](=O)[O-])c1. The van der Waals surface area contributed by atoms with Crippen LogP contribution in [-0.4, -0.2) is 38.3 Å². The molecular formula is C16H16N4O5S. The lowest BCUT2D eigenvalue weighted by atomic mass is 10.2. The third-order valence-electron chi connectivity index (χ3n) is 3.22. The minimum absolute atomic E-state index is 0.0175. The standard InChI is InChI=1S/C16H16N4O5S/c1-26(24,25)19(14-8-5-9-15(10-14)20(22)23)12-16(21)18-17-11-13-6-3-2-4-7-13/h2-11H,12H2,1H3,(H,18,21)/b17-11-. The van der Waals surface area contributed by atoms with E-state index >= 15 is 0 Å². The van der Waals surface area contributed by atoms with Crippen LogP contribution in [0.5, 0.6) is 0 Å². The van der Waals surface area contributed by atoms with Gasteiger partial charge in [-0.2, -0.15) is 5.10 Å². The van der Waals surface area contributed by atoms with Crippen LogP contribution in [0.4, 0.5) is 11.4 Å². The van der Waals surface area contributed by atoms with E-state index in [1.54, 1.807) is 24.3 Å². The third kappa shape index (κ3) is 5.38. The molecule has 1 amide bonds. The quantitative estimate of drug-likeness (QED) is 0.446. The second kappa shape index (κ2) is 8.21. The number of non-ortho nitro benzene ring substituents is 1. The average Bonchev–Trinajstić information content (AvgIpc) is 2.59. The second-order valence-electron chi connectivity index (χ2n) is 5.25. The highest BCUT2D eigenvalue weighted by atomic mass is 32.2. The van der Waals surface area contributed by atoms with Gasteiger partial charge in [-0.1, -0.05) is 36.4 Å². The van der Waals surface area contributed by atoms with Crippen molar-refractivity contribution in [3.8, 4) is 0 Å². The Labute approximate surface area is 150 Å². The van der Waals surface area contributed by atoms with Crippen molar-refractivity contribution in [1.82, 2.24) is 5.43 Å². The molecule has 0 saturated heterocycles. The number of hydrogen-bond donors (Lipinski definition) is 1. The Morgan fingerprint density at radius 1 is 1.23 bits per heavy atom. The Bertz CT molecular complexity index is 929. The monoisotopic (exact) mass is 376 g/mol. The molecule has 9 nitrogen and oxygen atoms in total. The lowest BCUT2D eigenvalue weighted by molar-refractivity contribution is -0.384. The van der Waals surface area contributed by atoms with E-state index < -0.39 is 27.4 Å². The lowest BCUT2D eigenvalue weighted by Gasteiger charge is -2.21. The summed E-state index contributed by atoms with van der Waals surface area (Å²) in [6.45, 7) is -0.563. The number of nitrogens with zero attached hydrogens (tertiary/aromatic N) is 3. The topological polar surface area (TPSA) is 122 Å². The van der Waals surface area contributed by atoms with E-state index in [4.69, 9.17) is 0 Å². The number of rotatable bonds is 7. The van der Waals surface area contributed by atoms with E-state index in [0.29, 0.717) is 0 Å². The molecule has 0 aliphatic heterocycles. The maximum absolute atomic E-state index is 12.0. The predicted octanol–water partition coefficient (Wildman–Crippen LogP) is 1.51. The van der Waals surface area contributed by atoms with Gasteiger partial charge in [0.25, 0.3) is 11.6 Å². The molecule has 136 valence electrons. The summed E-state index contributed by atoms with van der Waals surface area (Å²) in [5.74, 6) is -0.686. The lowest BCUT2D eigenvalue weighted by Crippen LogP contribution is -2.39. The minimum atomic E-state index is -3.83. The van der Waals surface area contributed by atoms with E-state index in [1.807, 2.05) is 6.07 Å². The summed E-state index contributed by atoms with van der Waals surface area (Å²) >= 11 is 0. The van der Waals surface area contributed by atoms with Crippen molar-refractivity contribution in [2.24, 2.45) is 5.10 Å². The Morgan fingerprint density at radius 3 is 2.54 bits per heavy atom. The highest BCUT2D eigenvalue weighted by molar-refractivity contribution is 7.92. The zero-order chi connectivity index (χ0) is 19.2. The number of amides is 1. The summed E-state index contributed by atoms with van der Waals surface area (Å²) in [6.07, 6.45) is 2.32. The van der Waals surface area contributed by atoms with Crippen molar-refractivity contribution in [3.63, 3.8) is 0 Å². The number of hydrazone groups is 1. The van der Waals surface area contributed by atoms with Crippen LogP contribution in [0.3, 0.4) is 0 Å². The molecule has 0 saturated carbocycles. The first kappa shape index (κ1) is 19.1. The zero-order valence-corrected chi connectivity index (χ0v) is 14.6. The molecule has 0 aliphatic carbocycles. The summed E-state index contributed by atoms with van der Waals surface area (Å²) in [5, 5.41) is 14.6. The fourth-order valence-corrected chi connectivity index (χ4v) is 2.89. The molecule has 1 N–H and O–H groups in total. The van der Waals surface area contributed by atoms with Crippen molar-refractivity contribution >= 4 is 33.5 Å². The van der Waals surface area contributed by atoms with Crippen LogP contribution in [0.15, 0.2) is 59.7 Å². The van der Waals surface area contributed by atoms with Gasteiger partial charge in [0, 0.05) is 12.1 Å². The first-order chi connectivity index (χ1) is 12.3. The predicted molar refractivity (Wildman–Crippen MR) is 97.5 cm³/mol. The van der Waals surface area contributed by atoms with E-state index in [9.17, 15) is 23.3 Å². The Kier molecular flexibility index (Phi) is 6.02. The molecule has 0 aliphatic rings. The molecule has 0 radical (unpaired) electrons. The summed E-state index contributed by atoms with van der Waals surface area (Å²) in [5.41, 5.74) is 2.73. The van der Waals surface area contributed by atoms with Gasteiger partial charge in [-0.25, -0.2) is 13.8 Å². The fourth-order valence-electron chi connectivity index (χ4n) is 2.05. The van der Waals surface area contributed by atoms with E-state index in [2.05, 4.69) is 10.5 Å². The zero-order valence-electron chi connectivity index (χ0n) is 13.8. The van der Waals surface area contributed by atoms with Gasteiger partial charge in [-0.05, 0) is 11.6 Å². The molecule has 0 atom stereocenters. The van der Waals surface area contributed by atoms with Gasteiger partial charge < -0.3 is 0 Å². The molecule has 10 heteroatoms. The van der Waals surface area contributed by atoms with E-state index in [0.717, 1.165) is 22.2 Å². The molecule has 0 fully saturated rings. The van der Waals surface area contributed by atoms with Gasteiger partial charge in [-0.3, -0.25) is 19.2 Å². The number of anilines is 1. The van der Waals surface area contributed by atoms with E-state index in [1.165, 1.54) is 24.4 Å². The Balaban J connectivity index is 2.13. The molecule has 0 heterocycles. The first-order valence-corrected chi connectivity index (χ1v) is 9.21. The maximum Gasteiger partial charge on any atom is 0.271 e. The van der Waals surface area contributed by atoms with Gasteiger partial charge >= 0.3 is 0 Å². The summed E-state index contributed by atoms with van der Waals surface area (Å²) in [4.78, 5) is 22.2. The van der Waals surface area contributed by atoms with E-state index in [-0.39, 0.29) is 11.4 Å². The highest BCUT2D eigenvalue weighted by Gasteiger charge is 2.22. The number of nitro groups is 1. The number of nitro benzene ring substituents is 1. The van der Waals surface area contributed by atoms with Crippen molar-refractivity contribution in [3.05, 3.63) is 70.3 Å². The molecule has 0 spiro atoms. The fraction of sp³-hybridized carbons (Fsp3) is 0.125. The summed E-state index contributed by atoms with van der Waals surface area (Å²) in [7, 11) is -3.83. The Hall–Kier alpha value is -3.27. The molecular weight excluding hydrogens is 360 g/mol. The normalized spacial score (nSPS) is 11.3. The number of sulfonamides is 1. The van der Waals surface area contributed by atoms with Crippen LogP contribution in [-0.2, 0) is 14.8 Å². The highest BCUT2D eigenvalue weighted by Crippen LogP contribution is 2.22. The molecule has 0 bridgehead atoms. The number of carbonyl (C=O) groups excluding carboxylic acids is 1. The van der Waals surface area contributed by atoms with Crippen LogP contribution < -0.4 is 9.73 Å². The smallest absolute Gasteiger partial charge is 0.271 e. The number of carbonyl (C=O) groups is 1. The number of hydrogen-bond acceptors (Lipinski definition) is 6. The van der Waals surface area contributed by atoms with Gasteiger partial charge in [-0.15, -0.1) is 0 Å². The van der Waals surface area contributed by atoms with Gasteiger partial charge in [0.1, 0.15) is 6.54 Å². The molecule has 0 aromatic heterocycles.